The van der Waals surface area contributed by atoms with Crippen LogP contribution in [-0.4, -0.2) is 0 Å². The third-order valence-electron chi connectivity index (χ3n) is 8.60. The maximum atomic E-state index is 14.0. The fraction of sp³-hybridized carbons (Fsp3) is 0.200. The number of benzene rings is 4. The van der Waals surface area contributed by atoms with Crippen LogP contribution in [-0.2, 0) is 49.1 Å². The largest absolute Gasteiger partial charge is 1.00 e. The van der Waals surface area contributed by atoms with E-state index >= 15 is 0 Å². The van der Waals surface area contributed by atoms with E-state index in [0.29, 0.717) is 52.1 Å². The summed E-state index contributed by atoms with van der Waals surface area (Å²) in [6.07, 6.45) is -20.6. The summed E-state index contributed by atoms with van der Waals surface area (Å²) < 4.78 is 167. The van der Waals surface area contributed by atoms with Crippen LogP contribution in [0.1, 0.15) is 72.2 Å². The van der Waals surface area contributed by atoms with Gasteiger partial charge in [-0.15, -0.1) is 0 Å². The first-order valence-corrected chi connectivity index (χ1v) is 16.2. The van der Waals surface area contributed by atoms with Crippen molar-refractivity contribution in [2.75, 3.05) is 0 Å². The van der Waals surface area contributed by atoms with Crippen LogP contribution in [0, 0.1) is 0 Å². The number of fused-ring (bicyclic) bond motifs is 2. The summed E-state index contributed by atoms with van der Waals surface area (Å²) in [6.45, 7) is 1.52. The predicted molar refractivity (Wildman–Crippen MR) is 151 cm³/mol. The molecule has 4 aromatic rings. The van der Waals surface area contributed by atoms with E-state index in [1.165, 1.54) is 6.92 Å². The van der Waals surface area contributed by atoms with E-state index in [0.717, 1.165) is 0 Å². The van der Waals surface area contributed by atoms with E-state index in [4.69, 9.17) is 0 Å². The molecule has 0 fully saturated rings. The molecule has 0 aromatic heterocycles. The molecule has 0 spiro atoms. The Morgan fingerprint density at radius 1 is 0.460 bits per heavy atom. The zero-order chi connectivity index (χ0) is 35.1. The molecule has 4 aromatic carbocycles. The van der Waals surface area contributed by atoms with Crippen molar-refractivity contribution in [3.05, 3.63) is 141 Å². The van der Waals surface area contributed by atoms with Gasteiger partial charge in [-0.25, -0.2) is 0 Å². The van der Waals surface area contributed by atoms with Gasteiger partial charge in [-0.3, -0.25) is 0 Å². The van der Waals surface area contributed by atoms with Crippen molar-refractivity contribution >= 4 is 22.3 Å². The van der Waals surface area contributed by atoms with E-state index in [1.807, 2.05) is 0 Å². The number of halogens is 14. The van der Waals surface area contributed by atoms with Gasteiger partial charge < -0.3 is 24.8 Å². The van der Waals surface area contributed by atoms with Gasteiger partial charge in [0, 0.05) is 0 Å². The monoisotopic (exact) mass is 917 g/mol. The quantitative estimate of drug-likeness (QED) is 0.175. The Bertz CT molecular complexity index is 1950. The van der Waals surface area contributed by atoms with Gasteiger partial charge in [0.1, 0.15) is 0 Å². The van der Waals surface area contributed by atoms with Crippen LogP contribution in [0.2, 0.25) is 0 Å². The second-order valence-corrected chi connectivity index (χ2v) is 13.6. The molecule has 0 saturated heterocycles. The molecule has 0 heterocycles. The van der Waals surface area contributed by atoms with E-state index in [2.05, 4.69) is 0 Å². The summed E-state index contributed by atoms with van der Waals surface area (Å²) in [6, 6.07) is 15.4. The van der Waals surface area contributed by atoms with Crippen molar-refractivity contribution in [2.45, 2.75) is 41.2 Å². The molecule has 0 saturated carbocycles. The van der Waals surface area contributed by atoms with Crippen molar-refractivity contribution in [1.29, 1.82) is 0 Å². The minimum atomic E-state index is -5.16. The number of rotatable bonds is 3. The van der Waals surface area contributed by atoms with Crippen molar-refractivity contribution in [3.8, 4) is 0 Å². The third kappa shape index (κ3) is 7.06. The van der Waals surface area contributed by atoms with E-state index in [-0.39, 0.29) is 83.6 Å². The fourth-order valence-corrected chi connectivity index (χ4v) is 8.66. The summed E-state index contributed by atoms with van der Waals surface area (Å²) in [5.41, 5.74) is -4.38. The van der Waals surface area contributed by atoms with Crippen molar-refractivity contribution < 1.29 is 102 Å². The molecule has 2 atom stereocenters. The minimum absolute atomic E-state index is 0. The first-order valence-electron chi connectivity index (χ1n) is 14.1. The molecule has 0 nitrogen and oxygen atoms in total. The second kappa shape index (κ2) is 13.5. The van der Waals surface area contributed by atoms with E-state index < -0.39 is 62.1 Å². The molecule has 0 N–H and O–H groups in total. The molecule has 0 amide bonds. The maximum Gasteiger partial charge on any atom is -1.00 e. The van der Waals surface area contributed by atoms with E-state index in [9.17, 15) is 52.7 Å². The van der Waals surface area contributed by atoms with Gasteiger partial charge in [0.15, 0.2) is 0 Å². The number of hydrogen-bond donors (Lipinski definition) is 0. The summed E-state index contributed by atoms with van der Waals surface area (Å²) in [5.74, 6) is -1.13. The Labute approximate surface area is 304 Å². The second-order valence-electron chi connectivity index (χ2n) is 11.5. The zero-order valence-electron chi connectivity index (χ0n) is 25.0. The molecule has 2 unspecified atom stereocenters. The molecule has 0 bridgehead atoms. The summed E-state index contributed by atoms with van der Waals surface area (Å²) in [4.78, 5) is 0. The topological polar surface area (TPSA) is 0 Å². The maximum absolute atomic E-state index is 14.0. The molecule has 0 aliphatic heterocycles. The summed E-state index contributed by atoms with van der Waals surface area (Å²) >= 11 is 0.196. The standard InChI is InChI=1S/C35H19F12.2ClH.Hf/c1-17-25-7-4-5-9-27(25)31(29(17)20-12-23(34(42,43)44)16-24(13-20)35(45,46)47)30-26-8-3-2-6-18(26)14-28(30)19-10-21(32(36,37)38)15-22(11-19)33(39,40)41;;;/h2-16,31H,1H3;2*1H;/q;;;+2/p-2. The van der Waals surface area contributed by atoms with Crippen LogP contribution in [0.3, 0.4) is 0 Å². The molecular formula is C35H19Cl2F12Hf. The van der Waals surface area contributed by atoms with Crippen LogP contribution in [0.15, 0.2) is 84.9 Å². The Kier molecular flexibility index (Phi) is 10.7. The SMILES string of the molecule is CC1=C(c2cc(C(F)(F)F)cc(C(F)(F)F)c2)C(C2=C(c3cc(C(F)(F)F)cc(C(F)(F)F)c3)[CH]([Hf+2])c3ccccc32)c2ccccc21.[Cl-].[Cl-]. The van der Waals surface area contributed by atoms with Crippen LogP contribution >= 0.6 is 0 Å². The number of allylic oxidation sites excluding steroid dienone is 4. The fourth-order valence-electron chi connectivity index (χ4n) is 6.59. The average Bonchev–Trinajstić information content (AvgIpc) is 3.45. The van der Waals surface area contributed by atoms with Gasteiger partial charge in [-0.05, 0) is 0 Å². The van der Waals surface area contributed by atoms with Crippen molar-refractivity contribution in [3.63, 3.8) is 0 Å². The Morgan fingerprint density at radius 3 is 1.24 bits per heavy atom. The zero-order valence-corrected chi connectivity index (χ0v) is 30.1. The molecule has 2 aliphatic rings. The predicted octanol–water partition coefficient (Wildman–Crippen LogP) is 6.01. The molecule has 50 heavy (non-hydrogen) atoms. The number of alkyl halides is 12. The molecule has 15 heteroatoms. The van der Waals surface area contributed by atoms with Gasteiger partial charge >= 0.3 is 281 Å². The van der Waals surface area contributed by atoms with Gasteiger partial charge in [0.05, 0.1) is 0 Å². The van der Waals surface area contributed by atoms with Gasteiger partial charge in [0.25, 0.3) is 0 Å². The van der Waals surface area contributed by atoms with E-state index in [1.54, 1.807) is 48.5 Å². The Morgan fingerprint density at radius 2 is 0.820 bits per heavy atom. The first kappa shape index (κ1) is 39.8. The summed E-state index contributed by atoms with van der Waals surface area (Å²) in [5, 5.41) is 0. The van der Waals surface area contributed by atoms with Crippen LogP contribution in [0.4, 0.5) is 52.7 Å². The van der Waals surface area contributed by atoms with Gasteiger partial charge in [-0.2, -0.15) is 0 Å². The third-order valence-corrected chi connectivity index (χ3v) is 10.7. The van der Waals surface area contributed by atoms with Gasteiger partial charge in [-0.1, -0.05) is 0 Å². The molecule has 0 radical (unpaired) electrons. The van der Waals surface area contributed by atoms with Crippen LogP contribution < -0.4 is 24.8 Å². The van der Waals surface area contributed by atoms with Crippen molar-refractivity contribution in [2.24, 2.45) is 0 Å². The smallest absolute Gasteiger partial charge is 1.00 e. The minimum Gasteiger partial charge on any atom is -1.00 e. The molecular weight excluding hydrogens is 898 g/mol. The molecule has 2 aliphatic carbocycles. The first-order chi connectivity index (χ1) is 22.2. The van der Waals surface area contributed by atoms with Crippen molar-refractivity contribution in [1.82, 2.24) is 0 Å². The Balaban J connectivity index is 0.00000281. The normalized spacial score (nSPS) is 17.7. The Hall–Kier alpha value is -3.03. The number of hydrogen-bond acceptors (Lipinski definition) is 0. The molecule has 6 rings (SSSR count). The van der Waals surface area contributed by atoms with Crippen LogP contribution in [0.5, 0.6) is 0 Å². The van der Waals surface area contributed by atoms with Crippen LogP contribution in [0.25, 0.3) is 22.3 Å². The molecule has 261 valence electrons. The average molecular weight is 917 g/mol. The van der Waals surface area contributed by atoms with Gasteiger partial charge in [0.2, 0.25) is 0 Å². The summed E-state index contributed by atoms with van der Waals surface area (Å²) in [7, 11) is 0.